The maximum absolute atomic E-state index is 15.4. The third kappa shape index (κ3) is 3.97. The summed E-state index contributed by atoms with van der Waals surface area (Å²) in [6.07, 6.45) is 1.70. The molecule has 3 aliphatic rings. The number of piperidine rings is 1. The molecule has 5 amide bonds. The van der Waals surface area contributed by atoms with Crippen molar-refractivity contribution in [1.82, 2.24) is 20.5 Å². The van der Waals surface area contributed by atoms with Crippen molar-refractivity contribution in [3.05, 3.63) is 52.3 Å². The number of carbonyl (C=O) groups excluding carboxylic acids is 4. The Morgan fingerprint density at radius 1 is 1.24 bits per heavy atom. The van der Waals surface area contributed by atoms with Gasteiger partial charge in [0.15, 0.2) is 5.82 Å². The minimum Gasteiger partial charge on any atom is -0.497 e. The molecule has 12 heteroatoms. The molecule has 2 fully saturated rings. The molecule has 0 spiro atoms. The number of anilines is 1. The Morgan fingerprint density at radius 2 is 2.05 bits per heavy atom. The van der Waals surface area contributed by atoms with E-state index in [1.807, 2.05) is 18.2 Å². The average molecular weight is 524 g/mol. The summed E-state index contributed by atoms with van der Waals surface area (Å²) in [6.45, 7) is -0.122. The van der Waals surface area contributed by atoms with E-state index in [9.17, 15) is 19.2 Å². The third-order valence-corrected chi connectivity index (χ3v) is 8.23. The van der Waals surface area contributed by atoms with Crippen LogP contribution < -0.4 is 20.7 Å². The standard InChI is InChI=1S/C25H22FN5O5S/c1-36-12-2-4-15-18(10-12)37-23(27-15)25(8-9-25)30-24(35)28-16-5-3-13-14(20(16)26)11-31(22(13)34)17-6-7-19(32)29-21(17)33/h2-5,10,17H,6-9,11H2,1H3,(H2,28,30,35)(H,29,32,33). The van der Waals surface area contributed by atoms with E-state index in [1.165, 1.54) is 28.4 Å². The molecule has 0 bridgehead atoms. The first-order chi connectivity index (χ1) is 17.8. The van der Waals surface area contributed by atoms with Gasteiger partial charge in [-0.3, -0.25) is 19.7 Å². The monoisotopic (exact) mass is 523 g/mol. The summed E-state index contributed by atoms with van der Waals surface area (Å²) in [5.41, 5.74) is 0.362. The summed E-state index contributed by atoms with van der Waals surface area (Å²) in [5, 5.41) is 8.48. The van der Waals surface area contributed by atoms with Gasteiger partial charge >= 0.3 is 6.03 Å². The fourth-order valence-electron chi connectivity index (χ4n) is 4.83. The Hall–Kier alpha value is -4.06. The number of fused-ring (bicyclic) bond motifs is 2. The summed E-state index contributed by atoms with van der Waals surface area (Å²) in [5.74, 6) is -1.46. The van der Waals surface area contributed by atoms with Crippen LogP contribution in [0.3, 0.4) is 0 Å². The van der Waals surface area contributed by atoms with Crippen LogP contribution in [0.5, 0.6) is 5.75 Å². The summed E-state index contributed by atoms with van der Waals surface area (Å²) < 4.78 is 21.6. The molecule has 1 aliphatic carbocycles. The second kappa shape index (κ2) is 8.51. The number of imide groups is 1. The molecule has 3 N–H and O–H groups in total. The number of methoxy groups -OCH3 is 1. The highest BCUT2D eigenvalue weighted by atomic mass is 32.1. The van der Waals surface area contributed by atoms with Gasteiger partial charge in [0.1, 0.15) is 16.8 Å². The molecule has 1 saturated heterocycles. The minimum absolute atomic E-state index is 0.0704. The Kier molecular flexibility index (Phi) is 5.37. The van der Waals surface area contributed by atoms with Gasteiger partial charge in [0.2, 0.25) is 11.8 Å². The van der Waals surface area contributed by atoms with E-state index in [4.69, 9.17) is 4.74 Å². The lowest BCUT2D eigenvalue weighted by atomic mass is 10.0. The Morgan fingerprint density at radius 3 is 2.78 bits per heavy atom. The number of amides is 5. The number of nitrogens with zero attached hydrogens (tertiary/aromatic N) is 2. The number of ether oxygens (including phenoxy) is 1. The zero-order valence-corrected chi connectivity index (χ0v) is 20.5. The number of halogens is 1. The molecule has 3 aromatic rings. The van der Waals surface area contributed by atoms with Crippen LogP contribution >= 0.6 is 11.3 Å². The predicted molar refractivity (Wildman–Crippen MR) is 132 cm³/mol. The van der Waals surface area contributed by atoms with E-state index in [2.05, 4.69) is 20.9 Å². The second-order valence-corrected chi connectivity index (χ2v) is 10.4. The van der Waals surface area contributed by atoms with Crippen LogP contribution in [0.2, 0.25) is 0 Å². The molecular formula is C25H22FN5O5S. The van der Waals surface area contributed by atoms with E-state index in [1.54, 1.807) is 7.11 Å². The highest BCUT2D eigenvalue weighted by molar-refractivity contribution is 7.18. The molecule has 2 aromatic carbocycles. The van der Waals surface area contributed by atoms with E-state index in [-0.39, 0.29) is 36.2 Å². The van der Waals surface area contributed by atoms with Gasteiger partial charge < -0.3 is 20.3 Å². The van der Waals surface area contributed by atoms with Crippen LogP contribution in [0.15, 0.2) is 30.3 Å². The van der Waals surface area contributed by atoms with E-state index in [0.717, 1.165) is 21.0 Å². The first kappa shape index (κ1) is 23.3. The van der Waals surface area contributed by atoms with E-state index < -0.39 is 41.2 Å². The summed E-state index contributed by atoms with van der Waals surface area (Å²) in [7, 11) is 1.60. The Bertz CT molecular complexity index is 1500. The molecule has 190 valence electrons. The van der Waals surface area contributed by atoms with Gasteiger partial charge in [-0.05, 0) is 49.6 Å². The summed E-state index contributed by atoms with van der Waals surface area (Å²) in [4.78, 5) is 55.3. The van der Waals surface area contributed by atoms with Gasteiger partial charge in [-0.1, -0.05) is 0 Å². The van der Waals surface area contributed by atoms with Crippen LogP contribution in [0, 0.1) is 5.82 Å². The van der Waals surface area contributed by atoms with Crippen molar-refractivity contribution >= 4 is 51.0 Å². The maximum atomic E-state index is 15.4. The third-order valence-electron chi connectivity index (χ3n) is 7.01. The van der Waals surface area contributed by atoms with Gasteiger partial charge in [-0.25, -0.2) is 14.2 Å². The quantitative estimate of drug-likeness (QED) is 0.441. The zero-order chi connectivity index (χ0) is 25.9. The van der Waals surface area contributed by atoms with Gasteiger partial charge in [-0.15, -0.1) is 11.3 Å². The fraction of sp³-hybridized carbons (Fsp3) is 0.320. The second-order valence-electron chi connectivity index (χ2n) is 9.37. The molecule has 3 heterocycles. The minimum atomic E-state index is -0.847. The molecule has 6 rings (SSSR count). The molecule has 1 aromatic heterocycles. The molecule has 1 atom stereocenters. The number of carbonyl (C=O) groups is 4. The van der Waals surface area contributed by atoms with Crippen molar-refractivity contribution in [2.24, 2.45) is 0 Å². The average Bonchev–Trinajstić information content (AvgIpc) is 3.38. The topological polar surface area (TPSA) is 130 Å². The van der Waals surface area contributed by atoms with Crippen LogP contribution in [0.1, 0.15) is 46.6 Å². The van der Waals surface area contributed by atoms with Gasteiger partial charge in [0.25, 0.3) is 5.91 Å². The number of hydrogen-bond acceptors (Lipinski definition) is 7. The maximum Gasteiger partial charge on any atom is 0.320 e. The van der Waals surface area contributed by atoms with Crippen LogP contribution in [-0.4, -0.2) is 46.8 Å². The lowest BCUT2D eigenvalue weighted by Crippen LogP contribution is -2.52. The van der Waals surface area contributed by atoms with Crippen molar-refractivity contribution in [3.8, 4) is 5.75 Å². The van der Waals surface area contributed by atoms with Gasteiger partial charge in [0.05, 0.1) is 35.1 Å². The Balaban J connectivity index is 1.18. The molecule has 10 nitrogen and oxygen atoms in total. The number of aromatic nitrogens is 1. The fourth-order valence-corrected chi connectivity index (χ4v) is 6.02. The smallest absolute Gasteiger partial charge is 0.320 e. The van der Waals surface area contributed by atoms with Crippen molar-refractivity contribution in [1.29, 1.82) is 0 Å². The normalized spacial score (nSPS) is 20.0. The number of urea groups is 1. The number of nitrogens with one attached hydrogen (secondary N) is 3. The highest BCUT2D eigenvalue weighted by Crippen LogP contribution is 2.48. The van der Waals surface area contributed by atoms with Gasteiger partial charge in [0, 0.05) is 17.5 Å². The van der Waals surface area contributed by atoms with Crippen molar-refractivity contribution in [2.75, 3.05) is 12.4 Å². The van der Waals surface area contributed by atoms with E-state index in [0.29, 0.717) is 12.8 Å². The first-order valence-corrected chi connectivity index (χ1v) is 12.6. The molecule has 37 heavy (non-hydrogen) atoms. The molecular weight excluding hydrogens is 501 g/mol. The SMILES string of the molecule is COc1ccc2nc(C3(NC(=O)Nc4ccc5c(c4F)CN(C4CCC(=O)NC4=O)C5=O)CC3)sc2c1. The van der Waals surface area contributed by atoms with Crippen LogP contribution in [-0.2, 0) is 21.7 Å². The highest BCUT2D eigenvalue weighted by Gasteiger charge is 2.49. The first-order valence-electron chi connectivity index (χ1n) is 11.8. The lowest BCUT2D eigenvalue weighted by Gasteiger charge is -2.29. The van der Waals surface area contributed by atoms with Crippen LogP contribution in [0.25, 0.3) is 10.2 Å². The molecule has 0 radical (unpaired) electrons. The number of hydrogen-bond donors (Lipinski definition) is 3. The number of benzene rings is 2. The molecule has 2 aliphatic heterocycles. The summed E-state index contributed by atoms with van der Waals surface area (Å²) in [6, 6.07) is 6.93. The van der Waals surface area contributed by atoms with Crippen molar-refractivity contribution in [2.45, 2.75) is 43.8 Å². The number of thiazole rings is 1. The molecule has 1 saturated carbocycles. The summed E-state index contributed by atoms with van der Waals surface area (Å²) >= 11 is 1.47. The van der Waals surface area contributed by atoms with Gasteiger partial charge in [-0.2, -0.15) is 0 Å². The zero-order valence-electron chi connectivity index (χ0n) is 19.7. The predicted octanol–water partition coefficient (Wildman–Crippen LogP) is 3.02. The number of rotatable bonds is 5. The van der Waals surface area contributed by atoms with Crippen molar-refractivity contribution in [3.63, 3.8) is 0 Å². The Labute approximate surface area is 214 Å². The van der Waals surface area contributed by atoms with Crippen LogP contribution in [0.4, 0.5) is 14.9 Å². The largest absolute Gasteiger partial charge is 0.497 e. The lowest BCUT2D eigenvalue weighted by molar-refractivity contribution is -0.136. The van der Waals surface area contributed by atoms with E-state index >= 15 is 4.39 Å². The molecule has 1 unspecified atom stereocenters. The van der Waals surface area contributed by atoms with Crippen molar-refractivity contribution < 1.29 is 28.3 Å².